The van der Waals surface area contributed by atoms with Crippen LogP contribution in [0.1, 0.15) is 29.6 Å². The molecule has 1 N–H and O–H groups in total. The van der Waals surface area contributed by atoms with Crippen molar-refractivity contribution in [2.24, 2.45) is 0 Å². The molecule has 1 unspecified atom stereocenters. The van der Waals surface area contributed by atoms with E-state index >= 15 is 0 Å². The minimum Gasteiger partial charge on any atom is -0.481 e. The largest absolute Gasteiger partial charge is 0.481 e. The van der Waals surface area contributed by atoms with E-state index in [0.717, 1.165) is 38.9 Å². The highest BCUT2D eigenvalue weighted by molar-refractivity contribution is 5.94. The number of likely N-dealkylation sites (N-methyl/N-ethyl adjacent to an activating group) is 1. The van der Waals surface area contributed by atoms with E-state index in [2.05, 4.69) is 15.2 Å². The number of likely N-dealkylation sites (tertiary alicyclic amines) is 2. The average molecular weight is 332 g/mol. The number of nitrogens with zero attached hydrogens (tertiary/aromatic N) is 3. The summed E-state index contributed by atoms with van der Waals surface area (Å²) in [7, 11) is 3.40. The molecule has 2 aliphatic heterocycles. The smallest absolute Gasteiger partial charge is 0.253 e. The van der Waals surface area contributed by atoms with E-state index in [4.69, 9.17) is 4.74 Å². The lowest BCUT2D eigenvalue weighted by molar-refractivity contribution is -0.131. The Balaban J connectivity index is 1.50. The average Bonchev–Trinajstić information content (AvgIpc) is 2.95. The van der Waals surface area contributed by atoms with Crippen LogP contribution in [0.25, 0.3) is 0 Å². The molecule has 3 heterocycles. The van der Waals surface area contributed by atoms with E-state index in [1.807, 2.05) is 7.05 Å². The van der Waals surface area contributed by atoms with Gasteiger partial charge in [0, 0.05) is 45.0 Å². The lowest BCUT2D eigenvalue weighted by Gasteiger charge is -2.35. The minimum atomic E-state index is -0.111. The molecule has 130 valence electrons. The zero-order chi connectivity index (χ0) is 17.1. The second-order valence-corrected chi connectivity index (χ2v) is 6.44. The van der Waals surface area contributed by atoms with Gasteiger partial charge < -0.3 is 15.0 Å². The van der Waals surface area contributed by atoms with Crippen LogP contribution in [0, 0.1) is 0 Å². The maximum atomic E-state index is 12.3. The Hall–Kier alpha value is -2.15. The number of piperidine rings is 1. The number of rotatable bonds is 4. The fraction of sp³-hybridized carbons (Fsp3) is 0.588. The Morgan fingerprint density at radius 2 is 2.00 bits per heavy atom. The van der Waals surface area contributed by atoms with Gasteiger partial charge in [-0.1, -0.05) is 0 Å². The number of nitrogens with one attached hydrogen (secondary N) is 1. The number of pyridine rings is 1. The van der Waals surface area contributed by atoms with Gasteiger partial charge in [-0.05, 0) is 25.3 Å². The lowest BCUT2D eigenvalue weighted by atomic mass is 10.0. The van der Waals surface area contributed by atoms with Crippen molar-refractivity contribution in [3.63, 3.8) is 0 Å². The first-order valence-electron chi connectivity index (χ1n) is 8.38. The van der Waals surface area contributed by atoms with Crippen molar-refractivity contribution in [2.75, 3.05) is 33.8 Å². The van der Waals surface area contributed by atoms with Gasteiger partial charge in [0.2, 0.25) is 11.8 Å². The predicted molar refractivity (Wildman–Crippen MR) is 88.9 cm³/mol. The molecule has 0 aromatic carbocycles. The van der Waals surface area contributed by atoms with Crippen LogP contribution >= 0.6 is 0 Å². The molecular formula is C17H24N4O3. The van der Waals surface area contributed by atoms with E-state index < -0.39 is 0 Å². The molecule has 2 fully saturated rings. The molecule has 2 saturated heterocycles. The van der Waals surface area contributed by atoms with Crippen LogP contribution in [0.4, 0.5) is 0 Å². The van der Waals surface area contributed by atoms with Gasteiger partial charge >= 0.3 is 0 Å². The van der Waals surface area contributed by atoms with Crippen molar-refractivity contribution >= 4 is 11.8 Å². The Morgan fingerprint density at radius 1 is 1.25 bits per heavy atom. The maximum absolute atomic E-state index is 12.3. The first-order chi connectivity index (χ1) is 11.6. The van der Waals surface area contributed by atoms with Crippen LogP contribution in [0.5, 0.6) is 5.88 Å². The van der Waals surface area contributed by atoms with Crippen LogP contribution in [0.2, 0.25) is 0 Å². The summed E-state index contributed by atoms with van der Waals surface area (Å²) in [6.45, 7) is 2.52. The summed E-state index contributed by atoms with van der Waals surface area (Å²) >= 11 is 0. The van der Waals surface area contributed by atoms with Crippen LogP contribution in [-0.4, -0.2) is 72.5 Å². The number of hydrogen-bond acceptors (Lipinski definition) is 5. The van der Waals surface area contributed by atoms with Gasteiger partial charge in [-0.3, -0.25) is 14.5 Å². The summed E-state index contributed by atoms with van der Waals surface area (Å²) < 4.78 is 5.00. The zero-order valence-electron chi connectivity index (χ0n) is 14.2. The van der Waals surface area contributed by atoms with Crippen molar-refractivity contribution < 1.29 is 14.3 Å². The maximum Gasteiger partial charge on any atom is 0.253 e. The Labute approximate surface area is 142 Å². The molecular weight excluding hydrogens is 308 g/mol. The van der Waals surface area contributed by atoms with E-state index in [9.17, 15) is 9.59 Å². The van der Waals surface area contributed by atoms with Crippen molar-refractivity contribution in [1.29, 1.82) is 0 Å². The molecule has 2 amide bonds. The topological polar surface area (TPSA) is 74.8 Å². The highest BCUT2D eigenvalue weighted by Gasteiger charge is 2.35. The summed E-state index contributed by atoms with van der Waals surface area (Å²) in [5, 5.41) is 3.06. The molecule has 24 heavy (non-hydrogen) atoms. The molecule has 0 saturated carbocycles. The predicted octanol–water partition coefficient (Wildman–Crippen LogP) is 0.515. The molecule has 7 heteroatoms. The van der Waals surface area contributed by atoms with Crippen LogP contribution < -0.4 is 10.1 Å². The van der Waals surface area contributed by atoms with Crippen LogP contribution in [-0.2, 0) is 4.79 Å². The molecule has 1 aromatic rings. The zero-order valence-corrected chi connectivity index (χ0v) is 14.2. The third-order valence-corrected chi connectivity index (χ3v) is 4.91. The first kappa shape index (κ1) is 16.7. The normalized spacial score (nSPS) is 22.7. The first-order valence-corrected chi connectivity index (χ1v) is 8.38. The second kappa shape index (κ2) is 7.17. The summed E-state index contributed by atoms with van der Waals surface area (Å²) in [6.07, 6.45) is 4.16. The quantitative estimate of drug-likeness (QED) is 0.870. The minimum absolute atomic E-state index is 0.0254. The number of methoxy groups -OCH3 is 1. The summed E-state index contributed by atoms with van der Waals surface area (Å²) in [5.41, 5.74) is 0.533. The lowest BCUT2D eigenvalue weighted by Crippen LogP contribution is -2.50. The van der Waals surface area contributed by atoms with Gasteiger partial charge in [0.25, 0.3) is 5.91 Å². The number of amides is 2. The Morgan fingerprint density at radius 3 is 2.54 bits per heavy atom. The van der Waals surface area contributed by atoms with Crippen molar-refractivity contribution in [3.8, 4) is 5.88 Å². The molecule has 1 atom stereocenters. The van der Waals surface area contributed by atoms with Crippen molar-refractivity contribution in [3.05, 3.63) is 23.9 Å². The number of aromatic nitrogens is 1. The monoisotopic (exact) mass is 332 g/mol. The molecule has 3 rings (SSSR count). The fourth-order valence-electron chi connectivity index (χ4n) is 3.40. The molecule has 0 radical (unpaired) electrons. The number of carbonyl (C=O) groups is 2. The van der Waals surface area contributed by atoms with Crippen LogP contribution in [0.15, 0.2) is 18.3 Å². The van der Waals surface area contributed by atoms with E-state index in [1.165, 1.54) is 6.20 Å². The van der Waals surface area contributed by atoms with Crippen LogP contribution in [0.3, 0.4) is 0 Å². The summed E-state index contributed by atoms with van der Waals surface area (Å²) in [5.74, 6) is 0.605. The molecule has 0 aliphatic carbocycles. The number of carbonyl (C=O) groups excluding carboxylic acids is 2. The highest BCUT2D eigenvalue weighted by atomic mass is 16.5. The molecule has 2 aliphatic rings. The molecule has 0 bridgehead atoms. The summed E-state index contributed by atoms with van der Waals surface area (Å²) in [4.78, 5) is 32.5. The molecule has 0 spiro atoms. The number of hydrogen-bond donors (Lipinski definition) is 1. The van der Waals surface area contributed by atoms with E-state index in [1.54, 1.807) is 24.1 Å². The van der Waals surface area contributed by atoms with Gasteiger partial charge in [-0.2, -0.15) is 0 Å². The van der Waals surface area contributed by atoms with Gasteiger partial charge in [0.05, 0.1) is 18.7 Å². The van der Waals surface area contributed by atoms with Gasteiger partial charge in [0.15, 0.2) is 0 Å². The fourth-order valence-corrected chi connectivity index (χ4v) is 3.40. The van der Waals surface area contributed by atoms with Gasteiger partial charge in [0.1, 0.15) is 0 Å². The summed E-state index contributed by atoms with van der Waals surface area (Å²) in [6, 6.07) is 3.56. The highest BCUT2D eigenvalue weighted by Crippen LogP contribution is 2.21. The van der Waals surface area contributed by atoms with Gasteiger partial charge in [-0.15, -0.1) is 0 Å². The van der Waals surface area contributed by atoms with E-state index in [-0.39, 0.29) is 23.9 Å². The van der Waals surface area contributed by atoms with E-state index in [0.29, 0.717) is 11.4 Å². The van der Waals surface area contributed by atoms with Crippen molar-refractivity contribution in [1.82, 2.24) is 20.1 Å². The molecule has 1 aromatic heterocycles. The van der Waals surface area contributed by atoms with Crippen molar-refractivity contribution in [2.45, 2.75) is 31.3 Å². The Kier molecular flexibility index (Phi) is 4.99. The SMILES string of the molecule is COc1ccc(C(=O)NC2CCN(C3CCN(C)C3=O)CC2)cn1. The Bertz CT molecular complexity index is 596. The number of ether oxygens (including phenoxy) is 1. The van der Waals surface area contributed by atoms with Gasteiger partial charge in [-0.25, -0.2) is 4.98 Å². The molecule has 7 nitrogen and oxygen atoms in total. The second-order valence-electron chi connectivity index (χ2n) is 6.44. The third kappa shape index (κ3) is 3.51. The third-order valence-electron chi connectivity index (χ3n) is 4.91. The standard InChI is InChI=1S/C17H24N4O3/c1-20-8-7-14(17(20)23)21-9-5-13(6-10-21)19-16(22)12-3-4-15(24-2)18-11-12/h3-4,11,13-14H,5-10H2,1-2H3,(H,19,22).